The predicted octanol–water partition coefficient (Wildman–Crippen LogP) is 8.06. The lowest BCUT2D eigenvalue weighted by molar-refractivity contribution is -0.138. The van der Waals surface area contributed by atoms with Crippen LogP contribution >= 0.6 is 0 Å². The SMILES string of the molecule is CC1=C(C)C(=O)C(C(C)(C)CCN(C)CCN(CCOCCOCCOCCC(=O)O)C(=O)Oc2c(Cc3ccccc3)nc3c(Cc4ccccc4)nc(-c4ccccc4)cn23)=C(C)C1=O. The Morgan fingerprint density at radius 1 is 0.657 bits per heavy atom. The Bertz CT molecular complexity index is 2550. The first-order valence-electron chi connectivity index (χ1n) is 22.9. The number of fused-ring (bicyclic) bond motifs is 1. The second-order valence-electron chi connectivity index (χ2n) is 17.5. The summed E-state index contributed by atoms with van der Waals surface area (Å²) in [6.45, 7) is 12.2. The number of ether oxygens (including phenoxy) is 4. The number of aromatic nitrogens is 3. The van der Waals surface area contributed by atoms with Crippen molar-refractivity contribution in [1.82, 2.24) is 24.2 Å². The molecular formula is C53H63N5O9. The van der Waals surface area contributed by atoms with Gasteiger partial charge in [-0.05, 0) is 57.3 Å². The summed E-state index contributed by atoms with van der Waals surface area (Å²) < 4.78 is 25.2. The molecule has 6 rings (SSSR count). The second-order valence-corrected chi connectivity index (χ2v) is 17.5. The number of amides is 1. The van der Waals surface area contributed by atoms with E-state index in [4.69, 9.17) is 34.0 Å². The summed E-state index contributed by atoms with van der Waals surface area (Å²) in [7, 11) is 1.97. The number of nitrogens with zero attached hydrogens (tertiary/aromatic N) is 5. The van der Waals surface area contributed by atoms with Crippen molar-refractivity contribution in [2.45, 2.75) is 60.3 Å². The number of carbonyl (C=O) groups is 4. The van der Waals surface area contributed by atoms with Crippen molar-refractivity contribution in [3.8, 4) is 17.1 Å². The monoisotopic (exact) mass is 913 g/mol. The van der Waals surface area contributed by atoms with Gasteiger partial charge < -0.3 is 33.9 Å². The van der Waals surface area contributed by atoms with Crippen LogP contribution in [-0.2, 0) is 41.4 Å². The highest BCUT2D eigenvalue weighted by molar-refractivity contribution is 6.25. The number of carbonyl (C=O) groups excluding carboxylic acids is 3. The van der Waals surface area contributed by atoms with Gasteiger partial charge in [-0.25, -0.2) is 14.8 Å². The van der Waals surface area contributed by atoms with Gasteiger partial charge in [0.25, 0.3) is 0 Å². The number of rotatable bonds is 25. The van der Waals surface area contributed by atoms with E-state index in [9.17, 15) is 19.2 Å². The Balaban J connectivity index is 1.24. The van der Waals surface area contributed by atoms with E-state index in [1.807, 2.05) is 110 Å². The zero-order valence-corrected chi connectivity index (χ0v) is 39.6. The third-order valence-electron chi connectivity index (χ3n) is 12.1. The van der Waals surface area contributed by atoms with E-state index in [0.717, 1.165) is 22.4 Å². The molecule has 2 aromatic heterocycles. The Morgan fingerprint density at radius 3 is 1.82 bits per heavy atom. The first-order valence-corrected chi connectivity index (χ1v) is 22.9. The molecule has 0 saturated heterocycles. The fourth-order valence-corrected chi connectivity index (χ4v) is 8.03. The molecule has 2 heterocycles. The van der Waals surface area contributed by atoms with Crippen LogP contribution in [0.4, 0.5) is 4.79 Å². The maximum absolute atomic E-state index is 14.6. The molecule has 67 heavy (non-hydrogen) atoms. The fourth-order valence-electron chi connectivity index (χ4n) is 8.03. The van der Waals surface area contributed by atoms with Crippen molar-refractivity contribution in [3.63, 3.8) is 0 Å². The highest BCUT2D eigenvalue weighted by Gasteiger charge is 2.37. The molecule has 0 spiro atoms. The highest BCUT2D eigenvalue weighted by atomic mass is 16.6. The van der Waals surface area contributed by atoms with Gasteiger partial charge in [-0.1, -0.05) is 105 Å². The second kappa shape index (κ2) is 23.9. The summed E-state index contributed by atoms with van der Waals surface area (Å²) in [5.41, 5.74) is 7.06. The number of hydrogen-bond donors (Lipinski definition) is 1. The minimum atomic E-state index is -0.918. The summed E-state index contributed by atoms with van der Waals surface area (Å²) in [5.74, 6) is -0.786. The van der Waals surface area contributed by atoms with E-state index in [1.54, 1.807) is 25.7 Å². The van der Waals surface area contributed by atoms with E-state index in [0.29, 0.717) is 90.7 Å². The Kier molecular flexibility index (Phi) is 17.9. The lowest BCUT2D eigenvalue weighted by Crippen LogP contribution is -2.42. The van der Waals surface area contributed by atoms with Gasteiger partial charge >= 0.3 is 12.1 Å². The van der Waals surface area contributed by atoms with Crippen molar-refractivity contribution in [2.75, 3.05) is 72.9 Å². The molecule has 0 bridgehead atoms. The largest absolute Gasteiger partial charge is 0.481 e. The topological polar surface area (TPSA) is 162 Å². The van der Waals surface area contributed by atoms with Gasteiger partial charge in [-0.15, -0.1) is 0 Å². The van der Waals surface area contributed by atoms with Gasteiger partial charge in [0, 0.05) is 66.5 Å². The predicted molar refractivity (Wildman–Crippen MR) is 256 cm³/mol. The van der Waals surface area contributed by atoms with E-state index < -0.39 is 17.5 Å². The molecule has 14 nitrogen and oxygen atoms in total. The zero-order chi connectivity index (χ0) is 47.9. The molecule has 0 aliphatic heterocycles. The average molecular weight is 914 g/mol. The molecule has 0 radical (unpaired) electrons. The van der Waals surface area contributed by atoms with E-state index in [-0.39, 0.29) is 57.6 Å². The minimum Gasteiger partial charge on any atom is -0.481 e. The summed E-state index contributed by atoms with van der Waals surface area (Å²) >= 11 is 0. The highest BCUT2D eigenvalue weighted by Crippen LogP contribution is 2.39. The maximum atomic E-state index is 14.6. The Hall–Kier alpha value is -6.32. The van der Waals surface area contributed by atoms with E-state index in [2.05, 4.69) is 17.0 Å². The van der Waals surface area contributed by atoms with Crippen LogP contribution in [0.15, 0.2) is 119 Å². The first-order chi connectivity index (χ1) is 32.2. The van der Waals surface area contributed by atoms with Crippen molar-refractivity contribution >= 4 is 29.3 Å². The Morgan fingerprint density at radius 2 is 1.21 bits per heavy atom. The fraction of sp³-hybridized carbons (Fsp3) is 0.396. The molecule has 0 fully saturated rings. The minimum absolute atomic E-state index is 0.0684. The van der Waals surface area contributed by atoms with Crippen LogP contribution in [-0.4, -0.2) is 126 Å². The maximum Gasteiger partial charge on any atom is 0.416 e. The van der Waals surface area contributed by atoms with Crippen LogP contribution in [0.5, 0.6) is 5.88 Å². The lowest BCUT2D eigenvalue weighted by Gasteiger charge is -2.33. The molecule has 1 amide bonds. The number of Topliss-reactive ketones (excluding diaryl/α,β-unsaturated/α-hetero) is 2. The van der Waals surface area contributed by atoms with Gasteiger partial charge in [-0.3, -0.25) is 18.8 Å². The number of aliphatic carboxylic acids is 1. The van der Waals surface area contributed by atoms with Gasteiger partial charge in [0.15, 0.2) is 17.2 Å². The third kappa shape index (κ3) is 13.6. The number of carboxylic acids is 1. The molecular weight excluding hydrogens is 851 g/mol. The number of ketones is 2. The van der Waals surface area contributed by atoms with Crippen molar-refractivity contribution in [2.24, 2.45) is 5.41 Å². The summed E-state index contributed by atoms with van der Waals surface area (Å²) in [6, 6.07) is 29.9. The smallest absolute Gasteiger partial charge is 0.416 e. The standard InChI is InChI=1S/C53H63N5O9/c1-37-38(2)49(62)47(39(3)48(37)61)53(4,5)23-24-56(6)25-26-57(27-29-65-31-33-66-32-30-64-28-22-46(59)60)52(63)67-51-44(35-41-18-12-8-13-19-41)55-50-43(34-40-16-10-7-11-17-40)54-45(36-58(50)51)42-20-14-9-15-21-42/h7-21,36H,22-35H2,1-6H3,(H,59,60). The summed E-state index contributed by atoms with van der Waals surface area (Å²) in [4.78, 5) is 65.9. The molecule has 0 atom stereocenters. The van der Waals surface area contributed by atoms with Crippen LogP contribution in [0, 0.1) is 5.41 Å². The Labute approximate surface area is 393 Å². The number of benzene rings is 3. The molecule has 1 aliphatic carbocycles. The number of hydrogen-bond acceptors (Lipinski definition) is 11. The van der Waals surface area contributed by atoms with Gasteiger partial charge in [-0.2, -0.15) is 0 Å². The molecule has 14 heteroatoms. The normalized spacial score (nSPS) is 13.3. The van der Waals surface area contributed by atoms with Crippen molar-refractivity contribution < 1.29 is 43.2 Å². The van der Waals surface area contributed by atoms with Crippen LogP contribution in [0.25, 0.3) is 16.9 Å². The summed E-state index contributed by atoms with van der Waals surface area (Å²) in [5, 5.41) is 8.79. The van der Waals surface area contributed by atoms with Crippen LogP contribution in [0.3, 0.4) is 0 Å². The molecule has 0 saturated carbocycles. The van der Waals surface area contributed by atoms with E-state index >= 15 is 0 Å². The third-order valence-corrected chi connectivity index (χ3v) is 12.1. The van der Waals surface area contributed by atoms with Crippen molar-refractivity contribution in [1.29, 1.82) is 0 Å². The van der Waals surface area contributed by atoms with Gasteiger partial charge in [0.2, 0.25) is 5.88 Å². The number of imidazole rings is 1. The quantitative estimate of drug-likeness (QED) is 0.0444. The number of allylic oxidation sites excluding steroid dienone is 4. The molecule has 3 aromatic carbocycles. The zero-order valence-electron chi connectivity index (χ0n) is 39.6. The molecule has 1 aliphatic rings. The number of likely N-dealkylation sites (N-methyl/N-ethyl adjacent to an activating group) is 1. The number of carboxylic acid groups (broad SMARTS) is 1. The first kappa shape index (κ1) is 50.1. The molecule has 1 N–H and O–H groups in total. The van der Waals surface area contributed by atoms with Gasteiger partial charge in [0.1, 0.15) is 5.69 Å². The molecule has 5 aromatic rings. The van der Waals surface area contributed by atoms with Crippen LogP contribution < -0.4 is 4.74 Å². The van der Waals surface area contributed by atoms with Crippen LogP contribution in [0.2, 0.25) is 0 Å². The lowest BCUT2D eigenvalue weighted by atomic mass is 9.71. The molecule has 0 unspecified atom stereocenters. The summed E-state index contributed by atoms with van der Waals surface area (Å²) in [6.07, 6.45) is 2.75. The molecule has 354 valence electrons. The van der Waals surface area contributed by atoms with Crippen molar-refractivity contribution in [3.05, 3.63) is 142 Å². The average Bonchev–Trinajstić information content (AvgIpc) is 3.66. The van der Waals surface area contributed by atoms with Crippen LogP contribution in [0.1, 0.15) is 70.0 Å². The van der Waals surface area contributed by atoms with E-state index in [1.165, 1.54) is 0 Å². The van der Waals surface area contributed by atoms with Gasteiger partial charge in [0.05, 0.1) is 57.4 Å².